The number of carbonyl (C=O) groups is 1. The first-order valence-corrected chi connectivity index (χ1v) is 16.1. The summed E-state index contributed by atoms with van der Waals surface area (Å²) < 4.78 is 1.78. The molecule has 3 aliphatic heterocycles. The topological polar surface area (TPSA) is 89.2 Å². The fraction of sp³-hybridized carbons (Fsp3) is 0.441. The molecule has 1 atom stereocenters. The van der Waals surface area contributed by atoms with Gasteiger partial charge in [-0.2, -0.15) is 4.98 Å². The standard InChI is InChI=1S/C34H40ClN7O2/c1-39-18-3-14-33(23-39)15-4-19-41(24-33)31(43)25-6-12-28(13-7-25)36-32-37-30-29(5-2-20-42(30)38-32)40-21-16-34(44,17-22-40)26-8-10-27(35)11-9-26/h2,5-13,20,44H,3-4,14-19,21-24H2,1H3,(H,36,38). The van der Waals surface area contributed by atoms with Gasteiger partial charge in [0.05, 0.1) is 11.3 Å². The maximum Gasteiger partial charge on any atom is 0.253 e. The van der Waals surface area contributed by atoms with Gasteiger partial charge in [0.15, 0.2) is 5.65 Å². The molecule has 230 valence electrons. The average molecular weight is 614 g/mol. The number of nitrogens with one attached hydrogen (secondary N) is 1. The Kier molecular flexibility index (Phi) is 7.72. The minimum absolute atomic E-state index is 0.115. The van der Waals surface area contributed by atoms with Gasteiger partial charge < -0.3 is 25.1 Å². The van der Waals surface area contributed by atoms with Crippen LogP contribution in [0, 0.1) is 5.41 Å². The molecule has 3 saturated heterocycles. The highest BCUT2D eigenvalue weighted by Gasteiger charge is 2.40. The van der Waals surface area contributed by atoms with Crippen molar-refractivity contribution in [2.24, 2.45) is 5.41 Å². The highest BCUT2D eigenvalue weighted by atomic mass is 35.5. The maximum absolute atomic E-state index is 13.5. The summed E-state index contributed by atoms with van der Waals surface area (Å²) in [5.41, 5.74) is 3.55. The number of hydrogen-bond acceptors (Lipinski definition) is 7. The van der Waals surface area contributed by atoms with Crippen LogP contribution in [0.4, 0.5) is 17.3 Å². The fourth-order valence-electron chi connectivity index (χ4n) is 7.54. The Labute approximate surface area is 263 Å². The van der Waals surface area contributed by atoms with Crippen LogP contribution in [-0.2, 0) is 5.60 Å². The number of carbonyl (C=O) groups excluding carboxylic acids is 1. The first-order chi connectivity index (χ1) is 21.3. The molecule has 1 unspecified atom stereocenters. The second-order valence-electron chi connectivity index (χ2n) is 13.0. The van der Waals surface area contributed by atoms with E-state index in [4.69, 9.17) is 16.6 Å². The zero-order valence-electron chi connectivity index (χ0n) is 25.3. The van der Waals surface area contributed by atoms with Crippen LogP contribution >= 0.6 is 11.6 Å². The summed E-state index contributed by atoms with van der Waals surface area (Å²) in [4.78, 5) is 25.0. The van der Waals surface area contributed by atoms with Crippen LogP contribution in [-0.4, -0.2) is 81.7 Å². The Morgan fingerprint density at radius 3 is 2.36 bits per heavy atom. The van der Waals surface area contributed by atoms with Crippen molar-refractivity contribution in [3.05, 3.63) is 83.0 Å². The third-order valence-electron chi connectivity index (χ3n) is 9.84. The Morgan fingerprint density at radius 1 is 0.909 bits per heavy atom. The first kappa shape index (κ1) is 29.1. The van der Waals surface area contributed by atoms with E-state index >= 15 is 0 Å². The van der Waals surface area contributed by atoms with Crippen molar-refractivity contribution in [3.8, 4) is 0 Å². The smallest absolute Gasteiger partial charge is 0.253 e. The monoisotopic (exact) mass is 613 g/mol. The van der Waals surface area contributed by atoms with Crippen LogP contribution in [0.15, 0.2) is 66.9 Å². The van der Waals surface area contributed by atoms with Crippen molar-refractivity contribution in [1.82, 2.24) is 24.4 Å². The van der Waals surface area contributed by atoms with Crippen LogP contribution in [0.2, 0.25) is 5.02 Å². The van der Waals surface area contributed by atoms with Gasteiger partial charge in [-0.25, -0.2) is 4.52 Å². The molecule has 0 saturated carbocycles. The largest absolute Gasteiger partial charge is 0.385 e. The number of halogens is 1. The predicted molar refractivity (Wildman–Crippen MR) is 174 cm³/mol. The molecular formula is C34H40ClN7O2. The molecule has 0 aliphatic carbocycles. The normalized spacial score (nSPS) is 22.4. The van der Waals surface area contributed by atoms with Gasteiger partial charge in [0.25, 0.3) is 5.91 Å². The van der Waals surface area contributed by atoms with Gasteiger partial charge >= 0.3 is 0 Å². The van der Waals surface area contributed by atoms with Crippen LogP contribution < -0.4 is 10.2 Å². The number of anilines is 3. The molecular weight excluding hydrogens is 574 g/mol. The van der Waals surface area contributed by atoms with E-state index in [1.54, 1.807) is 4.52 Å². The zero-order chi connectivity index (χ0) is 30.3. The molecule has 4 aromatic rings. The third-order valence-corrected chi connectivity index (χ3v) is 10.1. The molecule has 7 rings (SSSR count). The lowest BCUT2D eigenvalue weighted by atomic mass is 9.74. The lowest BCUT2D eigenvalue weighted by molar-refractivity contribution is 0.0118. The lowest BCUT2D eigenvalue weighted by Crippen LogP contribution is -2.52. The second-order valence-corrected chi connectivity index (χ2v) is 13.4. The number of rotatable bonds is 5. The molecule has 2 aromatic carbocycles. The van der Waals surface area contributed by atoms with E-state index in [1.165, 1.54) is 19.3 Å². The molecule has 2 aromatic heterocycles. The van der Waals surface area contributed by atoms with Crippen LogP contribution in [0.25, 0.3) is 5.65 Å². The maximum atomic E-state index is 13.5. The second kappa shape index (κ2) is 11.7. The number of benzene rings is 2. The molecule has 0 bridgehead atoms. The van der Waals surface area contributed by atoms with E-state index < -0.39 is 5.60 Å². The Hall–Kier alpha value is -3.66. The summed E-state index contributed by atoms with van der Waals surface area (Å²) >= 11 is 6.06. The highest BCUT2D eigenvalue weighted by Crippen LogP contribution is 2.39. The van der Waals surface area contributed by atoms with Gasteiger partial charge in [-0.05, 0) is 106 Å². The number of aliphatic hydroxyl groups is 1. The SMILES string of the molecule is CN1CCCC2(CCCN(C(=O)c3ccc(Nc4nc5c(N6CCC(O)(c7ccc(Cl)cc7)CC6)cccn5n4)cc3)C2)C1. The molecule has 44 heavy (non-hydrogen) atoms. The number of pyridine rings is 1. The fourth-order valence-corrected chi connectivity index (χ4v) is 7.66. The minimum Gasteiger partial charge on any atom is -0.385 e. The quantitative estimate of drug-likeness (QED) is 0.305. The number of amides is 1. The molecule has 3 fully saturated rings. The highest BCUT2D eigenvalue weighted by molar-refractivity contribution is 6.30. The Bertz CT molecular complexity index is 1630. The average Bonchev–Trinajstić information content (AvgIpc) is 3.44. The van der Waals surface area contributed by atoms with Gasteiger partial charge in [-0.15, -0.1) is 5.10 Å². The van der Waals surface area contributed by atoms with E-state index in [0.717, 1.165) is 55.2 Å². The Balaban J connectivity index is 1.01. The van der Waals surface area contributed by atoms with Gasteiger partial charge in [0.1, 0.15) is 0 Å². The van der Waals surface area contributed by atoms with Gasteiger partial charge in [-0.3, -0.25) is 4.79 Å². The summed E-state index contributed by atoms with van der Waals surface area (Å²) in [6, 6.07) is 19.2. The predicted octanol–water partition coefficient (Wildman–Crippen LogP) is 5.56. The summed E-state index contributed by atoms with van der Waals surface area (Å²) in [5, 5.41) is 20.0. The molecule has 1 amide bonds. The van der Waals surface area contributed by atoms with E-state index in [0.29, 0.717) is 42.5 Å². The number of piperidine rings is 3. The summed E-state index contributed by atoms with van der Waals surface area (Å²) in [6.45, 7) is 5.30. The van der Waals surface area contributed by atoms with Crippen molar-refractivity contribution in [2.45, 2.75) is 44.1 Å². The van der Waals surface area contributed by atoms with Crippen molar-refractivity contribution in [3.63, 3.8) is 0 Å². The molecule has 9 nitrogen and oxygen atoms in total. The Morgan fingerprint density at radius 2 is 1.64 bits per heavy atom. The van der Waals surface area contributed by atoms with E-state index in [-0.39, 0.29) is 11.3 Å². The van der Waals surface area contributed by atoms with Crippen molar-refractivity contribution in [1.29, 1.82) is 0 Å². The molecule has 3 aliphatic rings. The van der Waals surface area contributed by atoms with Crippen LogP contribution in [0.1, 0.15) is 54.4 Å². The number of aromatic nitrogens is 3. The van der Waals surface area contributed by atoms with Gasteiger partial charge in [-0.1, -0.05) is 23.7 Å². The van der Waals surface area contributed by atoms with Crippen molar-refractivity contribution < 1.29 is 9.90 Å². The van der Waals surface area contributed by atoms with Gasteiger partial charge in [0, 0.05) is 60.6 Å². The molecule has 2 N–H and O–H groups in total. The molecule has 0 radical (unpaired) electrons. The van der Waals surface area contributed by atoms with Crippen molar-refractivity contribution >= 4 is 40.5 Å². The first-order valence-electron chi connectivity index (χ1n) is 15.7. The van der Waals surface area contributed by atoms with E-state index in [1.807, 2.05) is 60.8 Å². The lowest BCUT2D eigenvalue weighted by Gasteiger charge is -2.47. The van der Waals surface area contributed by atoms with Crippen molar-refractivity contribution in [2.75, 3.05) is 56.5 Å². The zero-order valence-corrected chi connectivity index (χ0v) is 26.0. The summed E-state index contributed by atoms with van der Waals surface area (Å²) in [7, 11) is 2.20. The summed E-state index contributed by atoms with van der Waals surface area (Å²) in [5.74, 6) is 0.606. The summed E-state index contributed by atoms with van der Waals surface area (Å²) in [6.07, 6.45) is 7.81. The van der Waals surface area contributed by atoms with Gasteiger partial charge in [0.2, 0.25) is 5.95 Å². The number of nitrogens with zero attached hydrogens (tertiary/aromatic N) is 6. The molecule has 1 spiro atoms. The number of likely N-dealkylation sites (tertiary alicyclic amines) is 2. The number of hydrogen-bond donors (Lipinski definition) is 2. The minimum atomic E-state index is -0.873. The third kappa shape index (κ3) is 5.76. The van der Waals surface area contributed by atoms with Crippen LogP contribution in [0.3, 0.4) is 0 Å². The van der Waals surface area contributed by atoms with Crippen LogP contribution in [0.5, 0.6) is 0 Å². The molecule has 5 heterocycles. The molecule has 10 heteroatoms. The number of fused-ring (bicyclic) bond motifs is 1. The van der Waals surface area contributed by atoms with E-state index in [9.17, 15) is 9.90 Å². The van der Waals surface area contributed by atoms with E-state index in [2.05, 4.69) is 38.2 Å².